The number of anilines is 1. The van der Waals surface area contributed by atoms with Crippen LogP contribution in [-0.2, 0) is 11.2 Å². The van der Waals surface area contributed by atoms with Crippen molar-refractivity contribution in [1.82, 2.24) is 9.88 Å². The Labute approximate surface area is 181 Å². The van der Waals surface area contributed by atoms with Crippen molar-refractivity contribution in [2.24, 2.45) is 0 Å². The molecule has 7 heteroatoms. The zero-order valence-corrected chi connectivity index (χ0v) is 18.7. The third kappa shape index (κ3) is 3.94. The van der Waals surface area contributed by atoms with Crippen LogP contribution >= 0.6 is 11.3 Å². The molecular formula is C23H27N3O3S. The highest BCUT2D eigenvalue weighted by molar-refractivity contribution is 7.22. The van der Waals surface area contributed by atoms with Crippen LogP contribution in [0.2, 0.25) is 0 Å². The Morgan fingerprint density at radius 3 is 2.37 bits per heavy atom. The van der Waals surface area contributed by atoms with E-state index in [4.69, 9.17) is 14.5 Å². The molecule has 6 nitrogen and oxygen atoms in total. The van der Waals surface area contributed by atoms with Crippen molar-refractivity contribution >= 4 is 32.6 Å². The minimum Gasteiger partial charge on any atom is -0.496 e. The van der Waals surface area contributed by atoms with E-state index < -0.39 is 0 Å². The molecule has 0 radical (unpaired) electrons. The van der Waals surface area contributed by atoms with Gasteiger partial charge in [-0.05, 0) is 42.7 Å². The highest BCUT2D eigenvalue weighted by Gasteiger charge is 2.24. The molecule has 0 saturated carbocycles. The van der Waals surface area contributed by atoms with E-state index in [1.165, 1.54) is 5.56 Å². The first-order valence-electron chi connectivity index (χ1n) is 10.1. The fraction of sp³-hybridized carbons (Fsp3) is 0.391. The standard InChI is InChI=1S/C23H27N3O3S/c1-15-5-7-19(29-4)21-22(15)30-23(24-21)26-11-9-25(10-12-26)20(27)14-17-6-8-18(28-3)16(2)13-17/h5-8,13H,9-12,14H2,1-4H3. The number of benzene rings is 2. The van der Waals surface area contributed by atoms with E-state index in [1.807, 2.05) is 36.1 Å². The molecule has 1 saturated heterocycles. The number of carbonyl (C=O) groups excluding carboxylic acids is 1. The molecule has 1 aliphatic heterocycles. The second-order valence-corrected chi connectivity index (χ2v) is 8.58. The first-order valence-corrected chi connectivity index (χ1v) is 10.9. The molecule has 1 aliphatic rings. The number of aryl methyl sites for hydroxylation is 2. The highest BCUT2D eigenvalue weighted by Crippen LogP contribution is 2.36. The number of fused-ring (bicyclic) bond motifs is 1. The normalized spacial score (nSPS) is 14.3. The first kappa shape index (κ1) is 20.5. The third-order valence-electron chi connectivity index (χ3n) is 5.63. The second kappa shape index (κ2) is 8.52. The molecular weight excluding hydrogens is 398 g/mol. The van der Waals surface area contributed by atoms with Gasteiger partial charge in [-0.25, -0.2) is 4.98 Å². The van der Waals surface area contributed by atoms with Crippen molar-refractivity contribution < 1.29 is 14.3 Å². The molecule has 2 heterocycles. The van der Waals surface area contributed by atoms with Crippen LogP contribution in [0.3, 0.4) is 0 Å². The summed E-state index contributed by atoms with van der Waals surface area (Å²) in [6.07, 6.45) is 0.419. The van der Waals surface area contributed by atoms with E-state index in [2.05, 4.69) is 17.9 Å². The van der Waals surface area contributed by atoms with Crippen LogP contribution in [0, 0.1) is 13.8 Å². The van der Waals surface area contributed by atoms with Crippen LogP contribution < -0.4 is 14.4 Å². The predicted molar refractivity (Wildman–Crippen MR) is 121 cm³/mol. The van der Waals surface area contributed by atoms with E-state index in [0.717, 1.165) is 51.1 Å². The fourth-order valence-corrected chi connectivity index (χ4v) is 4.99. The third-order valence-corrected chi connectivity index (χ3v) is 6.88. The highest BCUT2D eigenvalue weighted by atomic mass is 32.1. The zero-order valence-electron chi connectivity index (χ0n) is 17.9. The lowest BCUT2D eigenvalue weighted by molar-refractivity contribution is -0.130. The lowest BCUT2D eigenvalue weighted by atomic mass is 10.1. The summed E-state index contributed by atoms with van der Waals surface area (Å²) in [5.41, 5.74) is 4.20. The number of nitrogens with zero attached hydrogens (tertiary/aromatic N) is 3. The summed E-state index contributed by atoms with van der Waals surface area (Å²) in [5.74, 6) is 1.82. The Morgan fingerprint density at radius 2 is 1.70 bits per heavy atom. The number of aromatic nitrogens is 1. The van der Waals surface area contributed by atoms with E-state index >= 15 is 0 Å². The molecule has 158 valence electrons. The lowest BCUT2D eigenvalue weighted by Gasteiger charge is -2.34. The Kier molecular flexibility index (Phi) is 5.81. The van der Waals surface area contributed by atoms with Gasteiger partial charge < -0.3 is 19.3 Å². The Balaban J connectivity index is 1.41. The predicted octanol–water partition coefficient (Wildman–Crippen LogP) is 3.82. The number of piperazine rings is 1. The Morgan fingerprint density at radius 1 is 1.00 bits per heavy atom. The molecule has 0 unspecified atom stereocenters. The number of hydrogen-bond donors (Lipinski definition) is 0. The van der Waals surface area contributed by atoms with Crippen LogP contribution in [0.15, 0.2) is 30.3 Å². The number of thiazole rings is 1. The summed E-state index contributed by atoms with van der Waals surface area (Å²) in [5, 5.41) is 0.996. The fourth-order valence-electron chi connectivity index (χ4n) is 3.88. The summed E-state index contributed by atoms with van der Waals surface area (Å²) in [6, 6.07) is 9.97. The summed E-state index contributed by atoms with van der Waals surface area (Å²) >= 11 is 1.70. The SMILES string of the molecule is COc1ccc(CC(=O)N2CCN(c3nc4c(OC)ccc(C)c4s3)CC2)cc1C. The summed E-state index contributed by atoms with van der Waals surface area (Å²) in [6.45, 7) is 7.09. The monoisotopic (exact) mass is 425 g/mol. The number of carbonyl (C=O) groups is 1. The summed E-state index contributed by atoms with van der Waals surface area (Å²) < 4.78 is 11.9. The molecule has 1 fully saturated rings. The quantitative estimate of drug-likeness (QED) is 0.622. The number of hydrogen-bond acceptors (Lipinski definition) is 6. The molecule has 0 spiro atoms. The number of amides is 1. The summed E-state index contributed by atoms with van der Waals surface area (Å²) in [4.78, 5) is 21.9. The van der Waals surface area contributed by atoms with Gasteiger partial charge in [-0.1, -0.05) is 29.5 Å². The van der Waals surface area contributed by atoms with Gasteiger partial charge in [-0.3, -0.25) is 4.79 Å². The van der Waals surface area contributed by atoms with Gasteiger partial charge in [0.1, 0.15) is 17.0 Å². The van der Waals surface area contributed by atoms with Crippen LogP contribution in [0.5, 0.6) is 11.5 Å². The minimum absolute atomic E-state index is 0.168. The molecule has 0 aliphatic carbocycles. The number of methoxy groups -OCH3 is 2. The average Bonchev–Trinajstić information content (AvgIpc) is 3.21. The van der Waals surface area contributed by atoms with Crippen molar-refractivity contribution in [3.05, 3.63) is 47.0 Å². The molecule has 1 amide bonds. The van der Waals surface area contributed by atoms with Crippen molar-refractivity contribution in [2.45, 2.75) is 20.3 Å². The van der Waals surface area contributed by atoms with Crippen LogP contribution in [0.25, 0.3) is 10.2 Å². The zero-order chi connectivity index (χ0) is 21.3. The Bertz CT molecular complexity index is 1070. The maximum Gasteiger partial charge on any atom is 0.227 e. The lowest BCUT2D eigenvalue weighted by Crippen LogP contribution is -2.49. The van der Waals surface area contributed by atoms with E-state index in [-0.39, 0.29) is 5.91 Å². The van der Waals surface area contributed by atoms with Gasteiger partial charge in [0.05, 0.1) is 25.3 Å². The van der Waals surface area contributed by atoms with Crippen LogP contribution in [0.1, 0.15) is 16.7 Å². The molecule has 0 N–H and O–H groups in total. The molecule has 0 atom stereocenters. The van der Waals surface area contributed by atoms with E-state index in [0.29, 0.717) is 19.5 Å². The van der Waals surface area contributed by atoms with Gasteiger partial charge in [-0.15, -0.1) is 0 Å². The van der Waals surface area contributed by atoms with E-state index in [9.17, 15) is 4.79 Å². The molecule has 3 aromatic rings. The van der Waals surface area contributed by atoms with Gasteiger partial charge in [0, 0.05) is 26.2 Å². The van der Waals surface area contributed by atoms with Crippen molar-refractivity contribution in [3.63, 3.8) is 0 Å². The van der Waals surface area contributed by atoms with Gasteiger partial charge >= 0.3 is 0 Å². The van der Waals surface area contributed by atoms with Gasteiger partial charge in [0.2, 0.25) is 5.91 Å². The molecule has 1 aromatic heterocycles. The topological polar surface area (TPSA) is 54.9 Å². The van der Waals surface area contributed by atoms with Crippen LogP contribution in [0.4, 0.5) is 5.13 Å². The van der Waals surface area contributed by atoms with Crippen molar-refractivity contribution in [3.8, 4) is 11.5 Å². The van der Waals surface area contributed by atoms with E-state index in [1.54, 1.807) is 25.6 Å². The van der Waals surface area contributed by atoms with Gasteiger partial charge in [-0.2, -0.15) is 0 Å². The largest absolute Gasteiger partial charge is 0.496 e. The second-order valence-electron chi connectivity index (χ2n) is 7.61. The molecule has 4 rings (SSSR count). The number of rotatable bonds is 5. The van der Waals surface area contributed by atoms with Crippen molar-refractivity contribution in [2.75, 3.05) is 45.3 Å². The Hall–Kier alpha value is -2.80. The van der Waals surface area contributed by atoms with Gasteiger partial charge in [0.15, 0.2) is 5.13 Å². The maximum absolute atomic E-state index is 12.8. The molecule has 30 heavy (non-hydrogen) atoms. The average molecular weight is 426 g/mol. The molecule has 2 aromatic carbocycles. The smallest absolute Gasteiger partial charge is 0.227 e. The maximum atomic E-state index is 12.8. The first-order chi connectivity index (χ1) is 14.5. The van der Waals surface area contributed by atoms with Crippen LogP contribution in [-0.4, -0.2) is 56.2 Å². The minimum atomic E-state index is 0.168. The van der Waals surface area contributed by atoms with Gasteiger partial charge in [0.25, 0.3) is 0 Å². The van der Waals surface area contributed by atoms with Crippen molar-refractivity contribution in [1.29, 1.82) is 0 Å². The molecule has 0 bridgehead atoms. The number of ether oxygens (including phenoxy) is 2. The summed E-state index contributed by atoms with van der Waals surface area (Å²) in [7, 11) is 3.34.